The third-order valence-corrected chi connectivity index (χ3v) is 5.78. The lowest BCUT2D eigenvalue weighted by Gasteiger charge is -2.27. The molecule has 1 aromatic rings. The number of aliphatic hydroxyl groups is 1. The summed E-state index contributed by atoms with van der Waals surface area (Å²) in [4.78, 5) is 21.8. The molecule has 8 heteroatoms. The maximum atomic E-state index is 12.9. The van der Waals surface area contributed by atoms with Gasteiger partial charge in [0.1, 0.15) is 11.4 Å². The van der Waals surface area contributed by atoms with Crippen LogP contribution >= 0.6 is 0 Å². The Morgan fingerprint density at radius 2 is 1.97 bits per heavy atom. The summed E-state index contributed by atoms with van der Waals surface area (Å²) in [5, 5.41) is 19.5. The molecule has 0 radical (unpaired) electrons. The molecule has 8 nitrogen and oxygen atoms in total. The molecule has 0 atom stereocenters. The fraction of sp³-hybridized carbons (Fsp3) is 0.762. The fourth-order valence-electron chi connectivity index (χ4n) is 3.82. The van der Waals surface area contributed by atoms with Crippen molar-refractivity contribution in [3.8, 4) is 0 Å². The van der Waals surface area contributed by atoms with Gasteiger partial charge in [-0.3, -0.25) is 4.79 Å². The summed E-state index contributed by atoms with van der Waals surface area (Å²) in [7, 11) is 0. The molecule has 0 spiro atoms. The highest BCUT2D eigenvalue weighted by Crippen LogP contribution is 2.24. The van der Waals surface area contributed by atoms with Gasteiger partial charge in [0.15, 0.2) is 0 Å². The number of nitrogens with zero attached hydrogens (tertiary/aromatic N) is 2. The van der Waals surface area contributed by atoms with Gasteiger partial charge in [-0.25, -0.2) is 4.98 Å². The number of nitrogens with one attached hydrogen (secondary N) is 3. The normalized spacial score (nSPS) is 22.8. The standard InChI is InChI=1S/C21H35N5O3/c1-2-3-10-22-21-24-14-18(20(28)23-13-15-8-11-29-12-9-15)19(26-21)25-16-4-6-17(27)7-5-16/h14-17,27H,2-13H2,1H3,(H,23,28)(H2,22,24,25,26). The minimum atomic E-state index is -0.216. The van der Waals surface area contributed by atoms with E-state index in [1.54, 1.807) is 6.20 Å². The highest BCUT2D eigenvalue weighted by Gasteiger charge is 2.23. The van der Waals surface area contributed by atoms with E-state index in [0.717, 1.165) is 71.1 Å². The number of ether oxygens (including phenoxy) is 1. The zero-order chi connectivity index (χ0) is 20.5. The van der Waals surface area contributed by atoms with E-state index < -0.39 is 0 Å². The molecule has 2 fully saturated rings. The number of carbonyl (C=O) groups is 1. The van der Waals surface area contributed by atoms with Crippen molar-refractivity contribution < 1.29 is 14.6 Å². The number of unbranched alkanes of at least 4 members (excludes halogenated alkanes) is 1. The molecule has 2 heterocycles. The highest BCUT2D eigenvalue weighted by atomic mass is 16.5. The molecule has 4 N–H and O–H groups in total. The highest BCUT2D eigenvalue weighted by molar-refractivity contribution is 5.98. The smallest absolute Gasteiger partial charge is 0.256 e. The maximum Gasteiger partial charge on any atom is 0.256 e. The van der Waals surface area contributed by atoms with E-state index in [1.807, 2.05) is 0 Å². The van der Waals surface area contributed by atoms with Crippen LogP contribution < -0.4 is 16.0 Å². The minimum absolute atomic E-state index is 0.144. The van der Waals surface area contributed by atoms with E-state index in [1.165, 1.54) is 0 Å². The molecular formula is C21H35N5O3. The van der Waals surface area contributed by atoms with Crippen molar-refractivity contribution in [3.63, 3.8) is 0 Å². The van der Waals surface area contributed by atoms with Crippen molar-refractivity contribution >= 4 is 17.7 Å². The van der Waals surface area contributed by atoms with Gasteiger partial charge in [0.05, 0.1) is 6.10 Å². The van der Waals surface area contributed by atoms with Gasteiger partial charge in [0.25, 0.3) is 5.91 Å². The van der Waals surface area contributed by atoms with Crippen molar-refractivity contribution in [2.24, 2.45) is 5.92 Å². The summed E-state index contributed by atoms with van der Waals surface area (Å²) in [5.41, 5.74) is 0.476. The van der Waals surface area contributed by atoms with Gasteiger partial charge < -0.3 is 25.8 Å². The SMILES string of the molecule is CCCCNc1ncc(C(=O)NCC2CCOCC2)c(NC2CCC(O)CC2)n1. The average molecular weight is 406 g/mol. The summed E-state index contributed by atoms with van der Waals surface area (Å²) >= 11 is 0. The summed E-state index contributed by atoms with van der Waals surface area (Å²) in [6.45, 7) is 5.12. The molecule has 1 amide bonds. The predicted octanol–water partition coefficient (Wildman–Crippen LogP) is 2.56. The van der Waals surface area contributed by atoms with Crippen molar-refractivity contribution in [2.45, 2.75) is 70.4 Å². The molecule has 0 unspecified atom stereocenters. The first-order valence-electron chi connectivity index (χ1n) is 11.1. The Morgan fingerprint density at radius 1 is 1.21 bits per heavy atom. The first-order valence-corrected chi connectivity index (χ1v) is 11.1. The Bertz CT molecular complexity index is 643. The Balaban J connectivity index is 1.66. The summed E-state index contributed by atoms with van der Waals surface area (Å²) in [5.74, 6) is 1.43. The van der Waals surface area contributed by atoms with Crippen LogP contribution in [-0.4, -0.2) is 59.4 Å². The zero-order valence-corrected chi connectivity index (χ0v) is 17.5. The van der Waals surface area contributed by atoms with Gasteiger partial charge in [-0.15, -0.1) is 0 Å². The van der Waals surface area contributed by atoms with Crippen molar-refractivity contribution in [3.05, 3.63) is 11.8 Å². The topological polar surface area (TPSA) is 108 Å². The van der Waals surface area contributed by atoms with Crippen LogP contribution in [0, 0.1) is 5.92 Å². The monoisotopic (exact) mass is 405 g/mol. The van der Waals surface area contributed by atoms with Gasteiger partial charge in [0.2, 0.25) is 5.95 Å². The Kier molecular flexibility index (Phi) is 8.49. The van der Waals surface area contributed by atoms with E-state index in [2.05, 4.69) is 32.8 Å². The summed E-state index contributed by atoms with van der Waals surface area (Å²) in [6.07, 6.45) is 8.77. The van der Waals surface area contributed by atoms with Crippen LogP contribution in [0.2, 0.25) is 0 Å². The molecule has 0 bridgehead atoms. The maximum absolute atomic E-state index is 12.9. The second-order valence-electron chi connectivity index (χ2n) is 8.15. The lowest BCUT2D eigenvalue weighted by molar-refractivity contribution is 0.0642. The molecule has 3 rings (SSSR count). The molecule has 29 heavy (non-hydrogen) atoms. The molecule has 162 valence electrons. The van der Waals surface area contributed by atoms with E-state index >= 15 is 0 Å². The Labute approximate surface area is 173 Å². The average Bonchev–Trinajstić information content (AvgIpc) is 2.75. The van der Waals surface area contributed by atoms with Crippen LogP contribution in [0.5, 0.6) is 0 Å². The minimum Gasteiger partial charge on any atom is -0.393 e. The summed E-state index contributed by atoms with van der Waals surface area (Å²) in [6, 6.07) is 0.207. The van der Waals surface area contributed by atoms with Crippen LogP contribution in [0.4, 0.5) is 11.8 Å². The number of hydrogen-bond donors (Lipinski definition) is 4. The van der Waals surface area contributed by atoms with Crippen LogP contribution in [0.3, 0.4) is 0 Å². The van der Waals surface area contributed by atoms with E-state index in [0.29, 0.717) is 29.8 Å². The van der Waals surface area contributed by atoms with Crippen LogP contribution in [0.25, 0.3) is 0 Å². The molecule has 1 saturated carbocycles. The number of anilines is 2. The van der Waals surface area contributed by atoms with Crippen molar-refractivity contribution in [1.29, 1.82) is 0 Å². The fourth-order valence-corrected chi connectivity index (χ4v) is 3.82. The van der Waals surface area contributed by atoms with Gasteiger partial charge in [-0.1, -0.05) is 13.3 Å². The third kappa shape index (κ3) is 6.82. The molecule has 1 aliphatic heterocycles. The molecular weight excluding hydrogens is 370 g/mol. The van der Waals surface area contributed by atoms with Crippen LogP contribution in [-0.2, 0) is 4.74 Å². The first kappa shape index (κ1) is 21.8. The molecule has 2 aliphatic rings. The predicted molar refractivity (Wildman–Crippen MR) is 113 cm³/mol. The van der Waals surface area contributed by atoms with Gasteiger partial charge >= 0.3 is 0 Å². The number of rotatable bonds is 9. The molecule has 1 saturated heterocycles. The van der Waals surface area contributed by atoms with Crippen molar-refractivity contribution in [2.75, 3.05) is 36.9 Å². The zero-order valence-electron chi connectivity index (χ0n) is 17.5. The number of aromatic nitrogens is 2. The number of amides is 1. The van der Waals surface area contributed by atoms with E-state index in [4.69, 9.17) is 4.74 Å². The van der Waals surface area contributed by atoms with Crippen LogP contribution in [0.15, 0.2) is 6.20 Å². The third-order valence-electron chi connectivity index (χ3n) is 5.78. The van der Waals surface area contributed by atoms with Crippen molar-refractivity contribution in [1.82, 2.24) is 15.3 Å². The number of hydrogen-bond acceptors (Lipinski definition) is 7. The lowest BCUT2D eigenvalue weighted by atomic mass is 9.93. The first-order chi connectivity index (χ1) is 14.2. The summed E-state index contributed by atoms with van der Waals surface area (Å²) < 4.78 is 5.39. The second kappa shape index (κ2) is 11.3. The van der Waals surface area contributed by atoms with E-state index in [9.17, 15) is 9.90 Å². The Hall–Kier alpha value is -1.93. The van der Waals surface area contributed by atoms with Gasteiger partial charge in [-0.2, -0.15) is 4.98 Å². The molecule has 0 aromatic carbocycles. The quantitative estimate of drug-likeness (QED) is 0.468. The Morgan fingerprint density at radius 3 is 2.69 bits per heavy atom. The molecule has 1 aromatic heterocycles. The van der Waals surface area contributed by atoms with E-state index in [-0.39, 0.29) is 18.1 Å². The second-order valence-corrected chi connectivity index (χ2v) is 8.15. The van der Waals surface area contributed by atoms with Crippen LogP contribution in [0.1, 0.15) is 68.6 Å². The number of carbonyl (C=O) groups excluding carboxylic acids is 1. The lowest BCUT2D eigenvalue weighted by Crippen LogP contribution is -2.34. The number of aliphatic hydroxyl groups excluding tert-OH is 1. The largest absolute Gasteiger partial charge is 0.393 e. The van der Waals surface area contributed by atoms with Gasteiger partial charge in [-0.05, 0) is 50.9 Å². The van der Waals surface area contributed by atoms with Gasteiger partial charge in [0, 0.05) is 38.5 Å². The molecule has 1 aliphatic carbocycles.